The molecule has 7 nitrogen and oxygen atoms in total. The van der Waals surface area contributed by atoms with Crippen molar-refractivity contribution < 1.29 is 22.7 Å². The third-order valence-electron chi connectivity index (χ3n) is 4.78. The Bertz CT molecular complexity index is 1300. The van der Waals surface area contributed by atoms with Crippen LogP contribution in [0.4, 0.5) is 5.69 Å². The first kappa shape index (κ1) is 25.0. The van der Waals surface area contributed by atoms with Crippen molar-refractivity contribution in [1.82, 2.24) is 4.72 Å². The number of benzene rings is 3. The Hall–Kier alpha value is -2.65. The van der Waals surface area contributed by atoms with Crippen LogP contribution in [0.1, 0.15) is 13.8 Å². The van der Waals surface area contributed by atoms with Crippen LogP contribution in [0.5, 0.6) is 0 Å². The maximum atomic E-state index is 12.7. The lowest BCUT2D eigenvalue weighted by molar-refractivity contribution is -0.150. The maximum Gasteiger partial charge on any atom is 0.324 e. The van der Waals surface area contributed by atoms with E-state index in [-0.39, 0.29) is 14.9 Å². The molecular formula is C23H22Cl2N2O5S. The lowest BCUT2D eigenvalue weighted by Gasteiger charge is -2.21. The number of fused-ring (bicyclic) bond motifs is 1. The van der Waals surface area contributed by atoms with Gasteiger partial charge in [-0.25, -0.2) is 8.42 Å². The Morgan fingerprint density at radius 1 is 0.939 bits per heavy atom. The Balaban J connectivity index is 1.63. The number of esters is 1. The zero-order chi connectivity index (χ0) is 24.2. The molecule has 0 spiro atoms. The third kappa shape index (κ3) is 6.45. The van der Waals surface area contributed by atoms with E-state index in [4.69, 9.17) is 27.9 Å². The first-order valence-electron chi connectivity index (χ1n) is 9.99. The van der Waals surface area contributed by atoms with E-state index in [2.05, 4.69) is 10.0 Å². The van der Waals surface area contributed by atoms with Gasteiger partial charge in [0.25, 0.3) is 5.91 Å². The SMILES string of the molecule is CC(C)[C@H](NS(=O)(=O)c1ccc(Cl)c(Cl)c1)C(=O)OCC(=O)Nc1ccc2ccccc2c1. The summed E-state index contributed by atoms with van der Waals surface area (Å²) in [4.78, 5) is 24.7. The summed E-state index contributed by atoms with van der Waals surface area (Å²) in [5.74, 6) is -1.87. The molecular weight excluding hydrogens is 487 g/mol. The third-order valence-corrected chi connectivity index (χ3v) is 6.96. The minimum absolute atomic E-state index is 0.0635. The molecule has 174 valence electrons. The summed E-state index contributed by atoms with van der Waals surface area (Å²) < 4.78 is 32.8. The van der Waals surface area contributed by atoms with Crippen LogP contribution >= 0.6 is 23.2 Å². The highest BCUT2D eigenvalue weighted by Gasteiger charge is 2.30. The van der Waals surface area contributed by atoms with E-state index in [0.29, 0.717) is 5.69 Å². The van der Waals surface area contributed by atoms with Crippen molar-refractivity contribution in [3.05, 3.63) is 70.7 Å². The van der Waals surface area contributed by atoms with Crippen molar-refractivity contribution in [1.29, 1.82) is 0 Å². The molecule has 1 amide bonds. The van der Waals surface area contributed by atoms with Gasteiger partial charge in [-0.3, -0.25) is 9.59 Å². The number of nitrogens with one attached hydrogen (secondary N) is 2. The molecule has 0 aromatic heterocycles. The van der Waals surface area contributed by atoms with Gasteiger partial charge in [0.2, 0.25) is 10.0 Å². The summed E-state index contributed by atoms with van der Waals surface area (Å²) in [6.45, 7) is 2.74. The topological polar surface area (TPSA) is 102 Å². The largest absolute Gasteiger partial charge is 0.454 e. The van der Waals surface area contributed by atoms with E-state index in [1.54, 1.807) is 26.0 Å². The molecule has 0 aliphatic rings. The van der Waals surface area contributed by atoms with Crippen LogP contribution in [0.15, 0.2) is 65.6 Å². The van der Waals surface area contributed by atoms with Crippen molar-refractivity contribution in [2.75, 3.05) is 11.9 Å². The fourth-order valence-electron chi connectivity index (χ4n) is 3.03. The molecule has 10 heteroatoms. The summed E-state index contributed by atoms with van der Waals surface area (Å²) in [7, 11) is -4.09. The van der Waals surface area contributed by atoms with E-state index in [1.165, 1.54) is 18.2 Å². The average molecular weight is 509 g/mol. The molecule has 0 bridgehead atoms. The number of ether oxygens (including phenoxy) is 1. The number of rotatable bonds is 8. The summed E-state index contributed by atoms with van der Waals surface area (Å²) in [5, 5.41) is 4.90. The van der Waals surface area contributed by atoms with Crippen LogP contribution in [-0.4, -0.2) is 32.9 Å². The van der Waals surface area contributed by atoms with Crippen LogP contribution in [0.25, 0.3) is 10.8 Å². The minimum Gasteiger partial charge on any atom is -0.454 e. The molecule has 2 N–H and O–H groups in total. The number of anilines is 1. The second-order valence-electron chi connectivity index (χ2n) is 7.64. The van der Waals surface area contributed by atoms with Gasteiger partial charge in [0.15, 0.2) is 6.61 Å². The van der Waals surface area contributed by atoms with Crippen LogP contribution in [0.2, 0.25) is 10.0 Å². The molecule has 3 aromatic carbocycles. The molecule has 3 rings (SSSR count). The second kappa shape index (κ2) is 10.5. The standard InChI is InChI=1S/C23H22Cl2N2O5S/c1-14(2)22(27-33(30,31)18-9-10-19(24)20(25)12-18)23(29)32-13-21(28)26-17-8-7-15-5-3-4-6-16(15)11-17/h3-12,14,22,27H,13H2,1-2H3,(H,26,28)/t22-/m0/s1. The van der Waals surface area contributed by atoms with Gasteiger partial charge >= 0.3 is 5.97 Å². The quantitative estimate of drug-likeness (QED) is 0.431. The smallest absolute Gasteiger partial charge is 0.324 e. The molecule has 33 heavy (non-hydrogen) atoms. The summed E-state index contributed by atoms with van der Waals surface area (Å²) >= 11 is 11.7. The van der Waals surface area contributed by atoms with Gasteiger partial charge in [0.1, 0.15) is 6.04 Å². The zero-order valence-electron chi connectivity index (χ0n) is 17.8. The average Bonchev–Trinajstić information content (AvgIpc) is 2.77. The fourth-order valence-corrected chi connectivity index (χ4v) is 4.75. The van der Waals surface area contributed by atoms with E-state index in [0.717, 1.165) is 10.8 Å². The predicted molar refractivity (Wildman–Crippen MR) is 129 cm³/mol. The Morgan fingerprint density at radius 2 is 1.64 bits per heavy atom. The van der Waals surface area contributed by atoms with E-state index >= 15 is 0 Å². The van der Waals surface area contributed by atoms with Gasteiger partial charge in [-0.2, -0.15) is 4.72 Å². The van der Waals surface area contributed by atoms with Crippen molar-refractivity contribution in [2.45, 2.75) is 24.8 Å². The number of halogens is 2. The molecule has 0 fully saturated rings. The zero-order valence-corrected chi connectivity index (χ0v) is 20.2. The lowest BCUT2D eigenvalue weighted by Crippen LogP contribution is -2.45. The highest BCUT2D eigenvalue weighted by atomic mass is 35.5. The maximum absolute atomic E-state index is 12.7. The Morgan fingerprint density at radius 3 is 2.30 bits per heavy atom. The number of carbonyl (C=O) groups excluding carboxylic acids is 2. The number of carbonyl (C=O) groups is 2. The molecule has 0 aliphatic heterocycles. The fraction of sp³-hybridized carbons (Fsp3) is 0.217. The van der Waals surface area contributed by atoms with Gasteiger partial charge in [-0.1, -0.05) is 67.4 Å². The lowest BCUT2D eigenvalue weighted by atomic mass is 10.1. The normalized spacial score (nSPS) is 12.5. The van der Waals surface area contributed by atoms with Crippen LogP contribution in [0, 0.1) is 5.92 Å². The molecule has 1 atom stereocenters. The first-order valence-corrected chi connectivity index (χ1v) is 12.2. The van der Waals surface area contributed by atoms with Crippen molar-refractivity contribution in [3.63, 3.8) is 0 Å². The number of sulfonamides is 1. The summed E-state index contributed by atoms with van der Waals surface area (Å²) in [6, 6.07) is 15.7. The first-order chi connectivity index (χ1) is 15.6. The van der Waals surface area contributed by atoms with Crippen LogP contribution in [0.3, 0.4) is 0 Å². The highest BCUT2D eigenvalue weighted by Crippen LogP contribution is 2.25. The second-order valence-corrected chi connectivity index (χ2v) is 10.2. The van der Waals surface area contributed by atoms with E-state index in [9.17, 15) is 18.0 Å². The number of amides is 1. The highest BCUT2D eigenvalue weighted by molar-refractivity contribution is 7.89. The monoisotopic (exact) mass is 508 g/mol. The van der Waals surface area contributed by atoms with Crippen LogP contribution in [-0.2, 0) is 24.3 Å². The molecule has 0 radical (unpaired) electrons. The summed E-state index contributed by atoms with van der Waals surface area (Å²) in [6.07, 6.45) is 0. The van der Waals surface area contributed by atoms with Crippen molar-refractivity contribution in [2.24, 2.45) is 5.92 Å². The molecule has 0 aliphatic carbocycles. The number of hydrogen-bond donors (Lipinski definition) is 2. The Labute approximate surface area is 202 Å². The van der Waals surface area contributed by atoms with Gasteiger partial charge in [0.05, 0.1) is 14.9 Å². The number of hydrogen-bond acceptors (Lipinski definition) is 5. The summed E-state index contributed by atoms with van der Waals surface area (Å²) in [5.41, 5.74) is 0.551. The molecule has 0 heterocycles. The minimum atomic E-state index is -4.09. The van der Waals surface area contributed by atoms with Crippen molar-refractivity contribution in [3.8, 4) is 0 Å². The molecule has 0 unspecified atom stereocenters. The molecule has 0 saturated carbocycles. The van der Waals surface area contributed by atoms with Gasteiger partial charge in [-0.15, -0.1) is 0 Å². The van der Waals surface area contributed by atoms with Gasteiger partial charge in [0, 0.05) is 5.69 Å². The van der Waals surface area contributed by atoms with E-state index < -0.39 is 40.5 Å². The van der Waals surface area contributed by atoms with Gasteiger partial charge in [-0.05, 0) is 47.0 Å². The van der Waals surface area contributed by atoms with Crippen molar-refractivity contribution >= 4 is 61.6 Å². The molecule has 3 aromatic rings. The van der Waals surface area contributed by atoms with Gasteiger partial charge < -0.3 is 10.1 Å². The van der Waals surface area contributed by atoms with Crippen LogP contribution < -0.4 is 10.0 Å². The predicted octanol–water partition coefficient (Wildman–Crippen LogP) is 4.63. The Kier molecular flexibility index (Phi) is 7.97. The molecule has 0 saturated heterocycles. The van der Waals surface area contributed by atoms with E-state index in [1.807, 2.05) is 30.3 Å².